The molecule has 234 valence electrons. The zero-order valence-electron chi connectivity index (χ0n) is 25.9. The number of aromatic amines is 1. The molecular weight excluding hydrogens is 582 g/mol. The van der Waals surface area contributed by atoms with Crippen molar-refractivity contribution in [2.45, 2.75) is 19.3 Å². The number of aromatic nitrogens is 8. The van der Waals surface area contributed by atoms with Crippen molar-refractivity contribution in [2.75, 3.05) is 44.2 Å². The number of carbonyl (C=O) groups is 2. The molecule has 8 rings (SSSR count). The second-order valence-electron chi connectivity index (χ2n) is 12.6. The van der Waals surface area contributed by atoms with Gasteiger partial charge in [-0.1, -0.05) is 30.3 Å². The molecule has 2 saturated heterocycles. The SMILES string of the molecule is Cn1cc(-c2n[nH]c3ccc(N4CC[C@]5(CCN(CC(=O)N6CC=C(c7ccc(-c8ncn(C)n8)cc7)CC6)C5)C4=O)nc23)cn1. The average Bonchev–Trinajstić information content (AvgIpc) is 3.91. The quantitative estimate of drug-likeness (QED) is 0.308. The van der Waals surface area contributed by atoms with E-state index in [0.717, 1.165) is 53.5 Å². The Kier molecular flexibility index (Phi) is 6.78. The molecule has 13 nitrogen and oxygen atoms in total. The number of nitrogens with one attached hydrogen (secondary N) is 1. The second-order valence-corrected chi connectivity index (χ2v) is 12.6. The molecule has 1 spiro atoms. The summed E-state index contributed by atoms with van der Waals surface area (Å²) in [6.45, 7) is 3.54. The minimum absolute atomic E-state index is 0.0936. The summed E-state index contributed by atoms with van der Waals surface area (Å²) in [7, 11) is 3.72. The summed E-state index contributed by atoms with van der Waals surface area (Å²) in [5, 5.41) is 16.1. The van der Waals surface area contributed by atoms with Gasteiger partial charge in [0, 0.05) is 57.6 Å². The molecule has 0 saturated carbocycles. The van der Waals surface area contributed by atoms with Gasteiger partial charge in [-0.15, -0.1) is 0 Å². The first-order valence-electron chi connectivity index (χ1n) is 15.7. The van der Waals surface area contributed by atoms with Crippen LogP contribution in [0.5, 0.6) is 0 Å². The molecule has 4 aromatic heterocycles. The molecule has 13 heteroatoms. The van der Waals surface area contributed by atoms with Crippen LogP contribution in [0.2, 0.25) is 0 Å². The molecule has 5 aromatic rings. The lowest BCUT2D eigenvalue weighted by Gasteiger charge is -2.29. The van der Waals surface area contributed by atoms with E-state index in [1.807, 2.05) is 49.5 Å². The molecule has 0 radical (unpaired) electrons. The lowest BCUT2D eigenvalue weighted by Crippen LogP contribution is -2.43. The molecule has 0 unspecified atom stereocenters. The van der Waals surface area contributed by atoms with Gasteiger partial charge in [-0.2, -0.15) is 15.3 Å². The summed E-state index contributed by atoms with van der Waals surface area (Å²) in [4.78, 5) is 42.3. The molecule has 0 bridgehead atoms. The third-order valence-corrected chi connectivity index (χ3v) is 9.63. The van der Waals surface area contributed by atoms with E-state index < -0.39 is 5.41 Å². The van der Waals surface area contributed by atoms with E-state index in [1.54, 1.807) is 26.8 Å². The summed E-state index contributed by atoms with van der Waals surface area (Å²) >= 11 is 0. The van der Waals surface area contributed by atoms with Crippen LogP contribution in [0, 0.1) is 5.41 Å². The van der Waals surface area contributed by atoms with Gasteiger partial charge in [0.25, 0.3) is 0 Å². The number of H-pyrrole nitrogens is 1. The summed E-state index contributed by atoms with van der Waals surface area (Å²) in [6, 6.07) is 12.1. The summed E-state index contributed by atoms with van der Waals surface area (Å²) in [5.74, 6) is 1.55. The second kappa shape index (κ2) is 11.0. The van der Waals surface area contributed by atoms with Crippen molar-refractivity contribution in [3.05, 3.63) is 66.8 Å². The Labute approximate surface area is 265 Å². The van der Waals surface area contributed by atoms with Gasteiger partial charge < -0.3 is 4.90 Å². The Bertz CT molecular complexity index is 1990. The van der Waals surface area contributed by atoms with Gasteiger partial charge in [-0.3, -0.25) is 33.9 Å². The number of likely N-dealkylation sites (tertiary alicyclic amines) is 1. The van der Waals surface area contributed by atoms with Crippen molar-refractivity contribution in [2.24, 2.45) is 19.5 Å². The van der Waals surface area contributed by atoms with Gasteiger partial charge in [-0.25, -0.2) is 9.97 Å². The molecule has 7 heterocycles. The van der Waals surface area contributed by atoms with Crippen LogP contribution < -0.4 is 4.90 Å². The highest BCUT2D eigenvalue weighted by Gasteiger charge is 2.51. The first-order valence-corrected chi connectivity index (χ1v) is 15.7. The van der Waals surface area contributed by atoms with Gasteiger partial charge in [0.15, 0.2) is 5.82 Å². The molecule has 3 aliphatic rings. The number of hydrogen-bond donors (Lipinski definition) is 1. The van der Waals surface area contributed by atoms with E-state index in [2.05, 4.69) is 48.5 Å². The number of nitrogens with zero attached hydrogens (tertiary/aromatic N) is 10. The number of rotatable bonds is 6. The third kappa shape index (κ3) is 4.96. The van der Waals surface area contributed by atoms with Crippen molar-refractivity contribution in [1.82, 2.24) is 49.5 Å². The number of hydrogen-bond acceptors (Lipinski definition) is 8. The fourth-order valence-corrected chi connectivity index (χ4v) is 7.05. The highest BCUT2D eigenvalue weighted by atomic mass is 16.2. The highest BCUT2D eigenvalue weighted by Crippen LogP contribution is 2.42. The van der Waals surface area contributed by atoms with E-state index >= 15 is 0 Å². The first-order chi connectivity index (χ1) is 22.3. The summed E-state index contributed by atoms with van der Waals surface area (Å²) in [6.07, 6.45) is 9.81. The number of anilines is 1. The van der Waals surface area contributed by atoms with Gasteiger partial charge in [0.2, 0.25) is 11.8 Å². The largest absolute Gasteiger partial charge is 0.338 e. The van der Waals surface area contributed by atoms with Crippen LogP contribution in [0.15, 0.2) is 61.2 Å². The predicted molar refractivity (Wildman–Crippen MR) is 172 cm³/mol. The molecule has 0 aliphatic carbocycles. The molecule has 2 amide bonds. The molecule has 1 N–H and O–H groups in total. The number of aryl methyl sites for hydroxylation is 2. The van der Waals surface area contributed by atoms with Crippen LogP contribution in [0.3, 0.4) is 0 Å². The van der Waals surface area contributed by atoms with Crippen LogP contribution in [-0.4, -0.2) is 101 Å². The zero-order valence-corrected chi connectivity index (χ0v) is 25.9. The standard InChI is InChI=1S/C33H35N11O2/c1-40-18-25(17-35-40)29-30-26(37-38-29)7-8-27(36-30)44-16-12-33(32(44)46)11-15-42(20-33)19-28(45)43-13-9-23(10-14-43)22-3-5-24(6-4-22)31-34-21-41(2)39-31/h3-9,17-18,21H,10-16,19-20H2,1-2H3,(H,37,38)/t33-/m0/s1. The summed E-state index contributed by atoms with van der Waals surface area (Å²) < 4.78 is 3.42. The monoisotopic (exact) mass is 617 g/mol. The van der Waals surface area contributed by atoms with Gasteiger partial charge >= 0.3 is 0 Å². The fourth-order valence-electron chi connectivity index (χ4n) is 7.05. The molecule has 1 atom stereocenters. The van der Waals surface area contributed by atoms with Gasteiger partial charge in [0.05, 0.1) is 23.7 Å². The number of pyridine rings is 1. The minimum atomic E-state index is -0.481. The maximum absolute atomic E-state index is 13.9. The molecular formula is C33H35N11O2. The molecule has 1 aromatic carbocycles. The number of benzene rings is 1. The van der Waals surface area contributed by atoms with Crippen LogP contribution in [0.25, 0.3) is 39.3 Å². The first kappa shape index (κ1) is 28.3. The smallest absolute Gasteiger partial charge is 0.237 e. The molecule has 46 heavy (non-hydrogen) atoms. The average molecular weight is 618 g/mol. The van der Waals surface area contributed by atoms with E-state index in [1.165, 1.54) is 5.57 Å². The Balaban J connectivity index is 0.893. The molecule has 2 fully saturated rings. The Morgan fingerprint density at radius 1 is 0.978 bits per heavy atom. The highest BCUT2D eigenvalue weighted by molar-refractivity contribution is 6.01. The third-order valence-electron chi connectivity index (χ3n) is 9.63. The number of fused-ring (bicyclic) bond motifs is 1. The Morgan fingerprint density at radius 2 is 1.80 bits per heavy atom. The topological polar surface area (TPSA) is 134 Å². The van der Waals surface area contributed by atoms with Crippen molar-refractivity contribution in [3.63, 3.8) is 0 Å². The summed E-state index contributed by atoms with van der Waals surface area (Å²) in [5.41, 5.74) is 6.02. The van der Waals surface area contributed by atoms with E-state index in [9.17, 15) is 9.59 Å². The van der Waals surface area contributed by atoms with Crippen molar-refractivity contribution >= 4 is 34.2 Å². The number of carbonyl (C=O) groups excluding carboxylic acids is 2. The van der Waals surface area contributed by atoms with Gasteiger partial charge in [0.1, 0.15) is 23.4 Å². The Hall–Kier alpha value is -5.17. The fraction of sp³-hybridized carbons (Fsp3) is 0.364. The van der Waals surface area contributed by atoms with Crippen LogP contribution in [-0.2, 0) is 23.7 Å². The van der Waals surface area contributed by atoms with Crippen LogP contribution >= 0.6 is 0 Å². The minimum Gasteiger partial charge on any atom is -0.338 e. The lowest BCUT2D eigenvalue weighted by molar-refractivity contribution is -0.132. The van der Waals surface area contributed by atoms with Crippen molar-refractivity contribution in [1.29, 1.82) is 0 Å². The normalized spacial score (nSPS) is 20.4. The maximum atomic E-state index is 13.9. The van der Waals surface area contributed by atoms with Crippen LogP contribution in [0.4, 0.5) is 5.82 Å². The predicted octanol–water partition coefficient (Wildman–Crippen LogP) is 2.90. The van der Waals surface area contributed by atoms with E-state index in [4.69, 9.17) is 4.98 Å². The Morgan fingerprint density at radius 3 is 2.54 bits per heavy atom. The van der Waals surface area contributed by atoms with Crippen molar-refractivity contribution < 1.29 is 9.59 Å². The van der Waals surface area contributed by atoms with E-state index in [-0.39, 0.29) is 11.8 Å². The lowest BCUT2D eigenvalue weighted by atomic mass is 9.85. The van der Waals surface area contributed by atoms with Crippen molar-refractivity contribution in [3.8, 4) is 22.6 Å². The van der Waals surface area contributed by atoms with Gasteiger partial charge in [-0.05, 0) is 49.1 Å². The van der Waals surface area contributed by atoms with E-state index in [0.29, 0.717) is 50.1 Å². The zero-order chi connectivity index (χ0) is 31.4. The molecule has 3 aliphatic heterocycles. The van der Waals surface area contributed by atoms with Crippen LogP contribution in [0.1, 0.15) is 24.8 Å². The number of amides is 2. The maximum Gasteiger partial charge on any atom is 0.237 e.